The summed E-state index contributed by atoms with van der Waals surface area (Å²) in [6, 6.07) is 4.10. The number of aryl methyl sites for hydroxylation is 2. The minimum absolute atomic E-state index is 0.0158. The Kier molecular flexibility index (Phi) is 4.79. The first-order valence-corrected chi connectivity index (χ1v) is 6.84. The number of furan rings is 1. The van der Waals surface area contributed by atoms with E-state index in [0.717, 1.165) is 23.0 Å². The number of hydrogen-bond acceptors (Lipinski definition) is 3. The molecule has 0 saturated carbocycles. The lowest BCUT2D eigenvalue weighted by molar-refractivity contribution is -0.120. The van der Waals surface area contributed by atoms with Crippen LogP contribution in [0, 0.1) is 13.8 Å². The van der Waals surface area contributed by atoms with Crippen LogP contribution in [0.2, 0.25) is 0 Å². The van der Waals surface area contributed by atoms with Gasteiger partial charge in [-0.25, -0.2) is 0 Å². The fraction of sp³-hybridized carbons (Fsp3) is 0.438. The van der Waals surface area contributed by atoms with Gasteiger partial charge in [0, 0.05) is 31.2 Å². The topological polar surface area (TPSA) is 51.5 Å². The molecule has 2 rings (SSSR count). The minimum Gasteiger partial charge on any atom is -0.464 e. The van der Waals surface area contributed by atoms with E-state index in [1.54, 1.807) is 13.4 Å². The van der Waals surface area contributed by atoms with Gasteiger partial charge < -0.3 is 14.5 Å². The third-order valence-electron chi connectivity index (χ3n) is 3.47. The third kappa shape index (κ3) is 3.39. The molecule has 1 heterocycles. The highest BCUT2D eigenvalue weighted by Crippen LogP contribution is 2.25. The highest BCUT2D eigenvalue weighted by molar-refractivity contribution is 5.88. The second kappa shape index (κ2) is 6.57. The molecule has 0 atom stereocenters. The van der Waals surface area contributed by atoms with Gasteiger partial charge in [0.2, 0.25) is 5.91 Å². The van der Waals surface area contributed by atoms with Crippen LogP contribution >= 0.6 is 0 Å². The maximum Gasteiger partial charge on any atom is 0.224 e. The molecule has 108 valence electrons. The summed E-state index contributed by atoms with van der Waals surface area (Å²) in [7, 11) is 1.66. The van der Waals surface area contributed by atoms with Gasteiger partial charge in [0.05, 0.1) is 12.7 Å². The number of ether oxygens (including phenoxy) is 1. The summed E-state index contributed by atoms with van der Waals surface area (Å²) in [5, 5.41) is 3.91. The quantitative estimate of drug-likeness (QED) is 0.825. The van der Waals surface area contributed by atoms with Crippen LogP contribution in [0.4, 0.5) is 0 Å². The van der Waals surface area contributed by atoms with E-state index in [0.29, 0.717) is 19.6 Å². The van der Waals surface area contributed by atoms with Crippen molar-refractivity contribution in [2.75, 3.05) is 20.3 Å². The molecule has 1 aromatic heterocycles. The average molecular weight is 275 g/mol. The molecule has 1 aromatic carbocycles. The second-order valence-electron chi connectivity index (χ2n) is 5.07. The molecule has 1 N–H and O–H groups in total. The minimum atomic E-state index is 0.0158. The van der Waals surface area contributed by atoms with E-state index in [1.165, 1.54) is 11.1 Å². The molecule has 0 radical (unpaired) electrons. The Morgan fingerprint density at radius 2 is 2.05 bits per heavy atom. The highest BCUT2D eigenvalue weighted by atomic mass is 16.5. The summed E-state index contributed by atoms with van der Waals surface area (Å²) in [4.78, 5) is 11.9. The molecule has 0 spiro atoms. The Hall–Kier alpha value is -1.81. The first-order valence-electron chi connectivity index (χ1n) is 6.84. The van der Waals surface area contributed by atoms with Crippen LogP contribution in [-0.4, -0.2) is 26.2 Å². The van der Waals surface area contributed by atoms with Crippen molar-refractivity contribution in [2.45, 2.75) is 26.7 Å². The number of amides is 1. The summed E-state index contributed by atoms with van der Waals surface area (Å²) in [5.74, 6) is 0.0158. The number of rotatable bonds is 6. The Labute approximate surface area is 119 Å². The van der Waals surface area contributed by atoms with E-state index in [-0.39, 0.29) is 5.91 Å². The summed E-state index contributed by atoms with van der Waals surface area (Å²) in [5.41, 5.74) is 4.19. The zero-order chi connectivity index (χ0) is 14.5. The standard InChI is InChI=1S/C16H21NO3/c1-11-7-14-13(10-20-15(14)8-12(11)2)9-16(18)17-5-4-6-19-3/h7-8,10H,4-6,9H2,1-3H3,(H,17,18). The van der Waals surface area contributed by atoms with Crippen molar-refractivity contribution in [3.8, 4) is 0 Å². The maximum absolute atomic E-state index is 11.9. The third-order valence-corrected chi connectivity index (χ3v) is 3.47. The van der Waals surface area contributed by atoms with Crippen molar-refractivity contribution in [3.63, 3.8) is 0 Å². The first-order chi connectivity index (χ1) is 9.61. The van der Waals surface area contributed by atoms with Crippen molar-refractivity contribution in [2.24, 2.45) is 0 Å². The van der Waals surface area contributed by atoms with Gasteiger partial charge in [0.25, 0.3) is 0 Å². The lowest BCUT2D eigenvalue weighted by Gasteiger charge is -2.04. The van der Waals surface area contributed by atoms with E-state index in [2.05, 4.69) is 25.2 Å². The molecule has 1 amide bonds. The van der Waals surface area contributed by atoms with Crippen molar-refractivity contribution in [1.29, 1.82) is 0 Å². The van der Waals surface area contributed by atoms with E-state index in [1.807, 2.05) is 6.07 Å². The van der Waals surface area contributed by atoms with Crippen molar-refractivity contribution in [1.82, 2.24) is 5.32 Å². The van der Waals surface area contributed by atoms with Crippen molar-refractivity contribution >= 4 is 16.9 Å². The molecule has 20 heavy (non-hydrogen) atoms. The number of methoxy groups -OCH3 is 1. The monoisotopic (exact) mass is 275 g/mol. The Morgan fingerprint density at radius 1 is 1.30 bits per heavy atom. The van der Waals surface area contributed by atoms with Crippen LogP contribution in [0.15, 0.2) is 22.8 Å². The Balaban J connectivity index is 2.02. The summed E-state index contributed by atoms with van der Waals surface area (Å²) in [6.07, 6.45) is 2.85. The summed E-state index contributed by atoms with van der Waals surface area (Å²) >= 11 is 0. The van der Waals surface area contributed by atoms with Crippen LogP contribution < -0.4 is 5.32 Å². The van der Waals surface area contributed by atoms with Crippen LogP contribution in [0.5, 0.6) is 0 Å². The molecular formula is C16H21NO3. The number of carbonyl (C=O) groups excluding carboxylic acids is 1. The van der Waals surface area contributed by atoms with Gasteiger partial charge in [-0.1, -0.05) is 0 Å². The molecule has 0 unspecified atom stereocenters. The fourth-order valence-electron chi connectivity index (χ4n) is 2.15. The van der Waals surface area contributed by atoms with E-state index in [4.69, 9.17) is 9.15 Å². The lowest BCUT2D eigenvalue weighted by atomic mass is 10.0. The normalized spacial score (nSPS) is 10.9. The van der Waals surface area contributed by atoms with Gasteiger partial charge in [0.1, 0.15) is 5.58 Å². The van der Waals surface area contributed by atoms with Crippen LogP contribution in [0.1, 0.15) is 23.1 Å². The smallest absolute Gasteiger partial charge is 0.224 e. The molecule has 0 bridgehead atoms. The number of benzene rings is 1. The summed E-state index contributed by atoms with van der Waals surface area (Å²) in [6.45, 7) is 5.42. The molecule has 4 nitrogen and oxygen atoms in total. The highest BCUT2D eigenvalue weighted by Gasteiger charge is 2.11. The SMILES string of the molecule is COCCCNC(=O)Cc1coc2cc(C)c(C)cc12. The average Bonchev–Trinajstić information content (AvgIpc) is 2.78. The van der Waals surface area contributed by atoms with Crippen molar-refractivity contribution < 1.29 is 13.9 Å². The van der Waals surface area contributed by atoms with Gasteiger partial charge in [-0.2, -0.15) is 0 Å². The number of carbonyl (C=O) groups is 1. The van der Waals surface area contributed by atoms with E-state index in [9.17, 15) is 4.79 Å². The van der Waals surface area contributed by atoms with Gasteiger partial charge in [-0.3, -0.25) is 4.79 Å². The van der Waals surface area contributed by atoms with E-state index >= 15 is 0 Å². The molecule has 0 fully saturated rings. The van der Waals surface area contributed by atoms with Crippen LogP contribution in [-0.2, 0) is 16.0 Å². The van der Waals surface area contributed by atoms with E-state index < -0.39 is 0 Å². The molecule has 0 saturated heterocycles. The molecule has 0 aliphatic rings. The zero-order valence-corrected chi connectivity index (χ0v) is 12.3. The fourth-order valence-corrected chi connectivity index (χ4v) is 2.15. The molecule has 0 aliphatic heterocycles. The van der Waals surface area contributed by atoms with Gasteiger partial charge >= 0.3 is 0 Å². The molecule has 0 aliphatic carbocycles. The van der Waals surface area contributed by atoms with Gasteiger partial charge in [-0.05, 0) is 43.5 Å². The number of nitrogens with one attached hydrogen (secondary N) is 1. The number of fused-ring (bicyclic) bond motifs is 1. The molecule has 4 heteroatoms. The first kappa shape index (κ1) is 14.6. The summed E-state index contributed by atoms with van der Waals surface area (Å²) < 4.78 is 10.5. The van der Waals surface area contributed by atoms with Gasteiger partial charge in [-0.15, -0.1) is 0 Å². The van der Waals surface area contributed by atoms with Gasteiger partial charge in [0.15, 0.2) is 0 Å². The molecule has 2 aromatic rings. The van der Waals surface area contributed by atoms with Crippen LogP contribution in [0.25, 0.3) is 11.0 Å². The Bertz CT molecular complexity index is 601. The maximum atomic E-state index is 11.9. The predicted octanol–water partition coefficient (Wildman–Crippen LogP) is 2.74. The number of hydrogen-bond donors (Lipinski definition) is 1. The lowest BCUT2D eigenvalue weighted by Crippen LogP contribution is -2.26. The molecular weight excluding hydrogens is 254 g/mol. The van der Waals surface area contributed by atoms with Crippen LogP contribution in [0.3, 0.4) is 0 Å². The van der Waals surface area contributed by atoms with Crippen molar-refractivity contribution in [3.05, 3.63) is 35.1 Å². The Morgan fingerprint density at radius 3 is 2.80 bits per heavy atom. The predicted molar refractivity (Wildman–Crippen MR) is 78.9 cm³/mol. The zero-order valence-electron chi connectivity index (χ0n) is 12.3. The second-order valence-corrected chi connectivity index (χ2v) is 5.07. The largest absolute Gasteiger partial charge is 0.464 e.